The second kappa shape index (κ2) is 6.03. The second-order valence-electron chi connectivity index (χ2n) is 4.68. The molecule has 1 atom stereocenters. The molecule has 94 valence electrons. The molecule has 2 nitrogen and oxygen atoms in total. The van der Waals surface area contributed by atoms with Crippen molar-refractivity contribution in [2.24, 2.45) is 5.92 Å². The standard InChI is InChI=1S/C13H18Cl2N2/c1-2-5-16-12(9-3-4-9)7-13-11(15)6-10(14)8-17-13/h6,8-9,12,16H,2-5,7H2,1H3. The van der Waals surface area contributed by atoms with Crippen LogP contribution in [0.1, 0.15) is 31.9 Å². The summed E-state index contributed by atoms with van der Waals surface area (Å²) in [5, 5.41) is 4.87. The van der Waals surface area contributed by atoms with Crippen LogP contribution in [0.15, 0.2) is 12.3 Å². The predicted octanol–water partition coefficient (Wildman–Crippen LogP) is 3.71. The number of halogens is 2. The number of nitrogens with one attached hydrogen (secondary N) is 1. The van der Waals surface area contributed by atoms with Crippen molar-refractivity contribution >= 4 is 23.2 Å². The summed E-state index contributed by atoms with van der Waals surface area (Å²) in [5.74, 6) is 0.801. The van der Waals surface area contributed by atoms with Gasteiger partial charge in [0, 0.05) is 18.7 Å². The van der Waals surface area contributed by atoms with E-state index in [1.165, 1.54) is 12.8 Å². The zero-order valence-corrected chi connectivity index (χ0v) is 11.6. The molecule has 17 heavy (non-hydrogen) atoms. The number of hydrogen-bond donors (Lipinski definition) is 1. The third-order valence-electron chi connectivity index (χ3n) is 3.14. The first-order chi connectivity index (χ1) is 8.20. The Kier molecular flexibility index (Phi) is 4.66. The minimum Gasteiger partial charge on any atom is -0.313 e. The molecular formula is C13H18Cl2N2. The average Bonchev–Trinajstić information content (AvgIpc) is 3.11. The van der Waals surface area contributed by atoms with E-state index in [1.54, 1.807) is 12.3 Å². The van der Waals surface area contributed by atoms with Crippen molar-refractivity contribution in [2.45, 2.75) is 38.6 Å². The van der Waals surface area contributed by atoms with E-state index < -0.39 is 0 Å². The maximum Gasteiger partial charge on any atom is 0.0636 e. The van der Waals surface area contributed by atoms with E-state index in [-0.39, 0.29) is 0 Å². The Bertz CT molecular complexity index is 378. The van der Waals surface area contributed by atoms with Crippen LogP contribution in [0.3, 0.4) is 0 Å². The highest BCUT2D eigenvalue weighted by atomic mass is 35.5. The highest BCUT2D eigenvalue weighted by molar-refractivity contribution is 6.34. The van der Waals surface area contributed by atoms with Gasteiger partial charge in [0.15, 0.2) is 0 Å². The monoisotopic (exact) mass is 272 g/mol. The molecule has 1 fully saturated rings. The molecule has 1 unspecified atom stereocenters. The molecule has 1 aliphatic rings. The van der Waals surface area contributed by atoms with Gasteiger partial charge in [-0.15, -0.1) is 0 Å². The SMILES string of the molecule is CCCNC(Cc1ncc(Cl)cc1Cl)C1CC1. The predicted molar refractivity (Wildman–Crippen MR) is 72.8 cm³/mol. The van der Waals surface area contributed by atoms with Crippen molar-refractivity contribution < 1.29 is 0 Å². The Morgan fingerprint density at radius 3 is 2.82 bits per heavy atom. The highest BCUT2D eigenvalue weighted by Crippen LogP contribution is 2.34. The molecule has 0 radical (unpaired) electrons. The Morgan fingerprint density at radius 1 is 1.47 bits per heavy atom. The lowest BCUT2D eigenvalue weighted by atomic mass is 10.1. The van der Waals surface area contributed by atoms with Crippen molar-refractivity contribution in [1.29, 1.82) is 0 Å². The van der Waals surface area contributed by atoms with Gasteiger partial charge < -0.3 is 5.32 Å². The number of pyridine rings is 1. The Morgan fingerprint density at radius 2 is 2.24 bits per heavy atom. The summed E-state index contributed by atoms with van der Waals surface area (Å²) in [4.78, 5) is 4.33. The molecule has 4 heteroatoms. The molecule has 0 aromatic carbocycles. The molecule has 0 bridgehead atoms. The van der Waals surface area contributed by atoms with E-state index in [4.69, 9.17) is 23.2 Å². The maximum atomic E-state index is 6.16. The first-order valence-corrected chi connectivity index (χ1v) is 6.99. The van der Waals surface area contributed by atoms with Crippen LogP contribution in [0.4, 0.5) is 0 Å². The van der Waals surface area contributed by atoms with E-state index in [2.05, 4.69) is 17.2 Å². The summed E-state index contributed by atoms with van der Waals surface area (Å²) in [7, 11) is 0. The fourth-order valence-electron chi connectivity index (χ4n) is 2.04. The molecular weight excluding hydrogens is 255 g/mol. The van der Waals surface area contributed by atoms with E-state index >= 15 is 0 Å². The molecule has 2 rings (SSSR count). The van der Waals surface area contributed by atoms with Crippen molar-refractivity contribution in [3.63, 3.8) is 0 Å². The minimum absolute atomic E-state index is 0.515. The first-order valence-electron chi connectivity index (χ1n) is 6.24. The zero-order valence-electron chi connectivity index (χ0n) is 10.0. The summed E-state index contributed by atoms with van der Waals surface area (Å²) < 4.78 is 0. The van der Waals surface area contributed by atoms with E-state index in [9.17, 15) is 0 Å². The van der Waals surface area contributed by atoms with E-state index in [0.717, 1.165) is 31.0 Å². The number of hydrogen-bond acceptors (Lipinski definition) is 2. The molecule has 1 aromatic heterocycles. The fraction of sp³-hybridized carbons (Fsp3) is 0.615. The first kappa shape index (κ1) is 13.1. The molecule has 1 saturated carbocycles. The van der Waals surface area contributed by atoms with Crippen molar-refractivity contribution in [3.05, 3.63) is 28.0 Å². The minimum atomic E-state index is 0.515. The van der Waals surface area contributed by atoms with Gasteiger partial charge >= 0.3 is 0 Å². The number of aromatic nitrogens is 1. The maximum absolute atomic E-state index is 6.16. The summed E-state index contributed by atoms with van der Waals surface area (Å²) in [6.45, 7) is 3.25. The molecule has 0 amide bonds. The van der Waals surface area contributed by atoms with E-state index in [0.29, 0.717) is 16.1 Å². The zero-order chi connectivity index (χ0) is 12.3. The van der Waals surface area contributed by atoms with E-state index in [1.807, 2.05) is 0 Å². The lowest BCUT2D eigenvalue weighted by Gasteiger charge is -2.18. The van der Waals surface area contributed by atoms with Crippen LogP contribution >= 0.6 is 23.2 Å². The van der Waals surface area contributed by atoms with Crippen molar-refractivity contribution in [1.82, 2.24) is 10.3 Å². The molecule has 1 aliphatic carbocycles. The molecule has 0 aliphatic heterocycles. The Balaban J connectivity index is 2.00. The second-order valence-corrected chi connectivity index (χ2v) is 5.53. The summed E-state index contributed by atoms with van der Waals surface area (Å²) in [6.07, 6.45) is 6.39. The van der Waals surface area contributed by atoms with Crippen LogP contribution in [0.5, 0.6) is 0 Å². The molecule has 1 heterocycles. The molecule has 1 aromatic rings. The van der Waals surface area contributed by atoms with Crippen LogP contribution in [-0.2, 0) is 6.42 Å². The van der Waals surface area contributed by atoms with Gasteiger partial charge in [0.25, 0.3) is 0 Å². The van der Waals surface area contributed by atoms with Gasteiger partial charge in [0.05, 0.1) is 15.7 Å². The quantitative estimate of drug-likeness (QED) is 0.854. The lowest BCUT2D eigenvalue weighted by Crippen LogP contribution is -2.34. The molecule has 1 N–H and O–H groups in total. The lowest BCUT2D eigenvalue weighted by molar-refractivity contribution is 0.456. The third-order valence-corrected chi connectivity index (χ3v) is 3.68. The Hall–Kier alpha value is -0.310. The average molecular weight is 273 g/mol. The topological polar surface area (TPSA) is 24.9 Å². The smallest absolute Gasteiger partial charge is 0.0636 e. The van der Waals surface area contributed by atoms with Crippen LogP contribution in [0.25, 0.3) is 0 Å². The van der Waals surface area contributed by atoms with Gasteiger partial charge in [-0.25, -0.2) is 0 Å². The number of rotatable bonds is 6. The van der Waals surface area contributed by atoms with Crippen molar-refractivity contribution in [2.75, 3.05) is 6.54 Å². The normalized spacial score (nSPS) is 17.1. The van der Waals surface area contributed by atoms with Gasteiger partial charge in [-0.3, -0.25) is 4.98 Å². The summed E-state index contributed by atoms with van der Waals surface area (Å²) in [6, 6.07) is 2.29. The third kappa shape index (κ3) is 3.84. The van der Waals surface area contributed by atoms with Gasteiger partial charge in [-0.05, 0) is 37.8 Å². The van der Waals surface area contributed by atoms with Crippen LogP contribution < -0.4 is 5.32 Å². The van der Waals surface area contributed by atoms with Gasteiger partial charge in [-0.2, -0.15) is 0 Å². The van der Waals surface area contributed by atoms with Gasteiger partial charge in [-0.1, -0.05) is 30.1 Å². The van der Waals surface area contributed by atoms with Crippen LogP contribution in [0.2, 0.25) is 10.0 Å². The van der Waals surface area contributed by atoms with Crippen LogP contribution in [0, 0.1) is 5.92 Å². The summed E-state index contributed by atoms with van der Waals surface area (Å²) >= 11 is 12.0. The van der Waals surface area contributed by atoms with Crippen LogP contribution in [-0.4, -0.2) is 17.6 Å². The van der Waals surface area contributed by atoms with Crippen molar-refractivity contribution in [3.8, 4) is 0 Å². The Labute approximate surface area is 113 Å². The highest BCUT2D eigenvalue weighted by Gasteiger charge is 2.31. The van der Waals surface area contributed by atoms with Gasteiger partial charge in [0.1, 0.15) is 0 Å². The largest absolute Gasteiger partial charge is 0.313 e. The fourth-order valence-corrected chi connectivity index (χ4v) is 2.49. The van der Waals surface area contributed by atoms with Gasteiger partial charge in [0.2, 0.25) is 0 Å². The summed E-state index contributed by atoms with van der Waals surface area (Å²) in [5.41, 5.74) is 0.955. The molecule has 0 spiro atoms. The number of nitrogens with zero attached hydrogens (tertiary/aromatic N) is 1. The molecule has 0 saturated heterocycles.